The summed E-state index contributed by atoms with van der Waals surface area (Å²) in [6.45, 7) is 2.07. The van der Waals surface area contributed by atoms with E-state index in [0.717, 1.165) is 11.1 Å². The molecule has 1 heterocycles. The minimum atomic E-state index is 0.106. The van der Waals surface area contributed by atoms with Crippen LogP contribution in [0.1, 0.15) is 6.92 Å². The van der Waals surface area contributed by atoms with Crippen LogP contribution in [0.3, 0.4) is 0 Å². The molecule has 0 aliphatic carbocycles. The summed E-state index contributed by atoms with van der Waals surface area (Å²) in [5.74, 6) is 0. The van der Waals surface area contributed by atoms with Gasteiger partial charge in [-0.1, -0.05) is 6.08 Å². The fourth-order valence-electron chi connectivity index (χ4n) is 0.794. The summed E-state index contributed by atoms with van der Waals surface area (Å²) in [5.41, 5.74) is 2.04. The molecular weight excluding hydrogens is 126 g/mol. The van der Waals surface area contributed by atoms with Crippen LogP contribution in [0.4, 0.5) is 0 Å². The van der Waals surface area contributed by atoms with Gasteiger partial charge in [0.1, 0.15) is 0 Å². The van der Waals surface area contributed by atoms with Crippen LogP contribution in [0.15, 0.2) is 35.7 Å². The Morgan fingerprint density at radius 3 is 3.10 bits per heavy atom. The molecule has 0 saturated carbocycles. The van der Waals surface area contributed by atoms with Gasteiger partial charge in [-0.25, -0.2) is 0 Å². The molecule has 0 fully saturated rings. The molecule has 0 aromatic heterocycles. The maximum absolute atomic E-state index is 8.82. The molecule has 2 nitrogen and oxygen atoms in total. The smallest absolute Gasteiger partial charge is 0.0684 e. The highest BCUT2D eigenvalue weighted by molar-refractivity contribution is 5.34. The van der Waals surface area contributed by atoms with Crippen LogP contribution in [0.5, 0.6) is 0 Å². The van der Waals surface area contributed by atoms with Crippen molar-refractivity contribution in [3.8, 4) is 0 Å². The van der Waals surface area contributed by atoms with Gasteiger partial charge in [-0.05, 0) is 24.1 Å². The standard InChI is InChI=1S/C8H11NO/c1-7-5-9-4-2-3-8(7)6-10/h2-5,9-10H,6H2,1H3. The van der Waals surface area contributed by atoms with Gasteiger partial charge >= 0.3 is 0 Å². The van der Waals surface area contributed by atoms with E-state index < -0.39 is 0 Å². The second kappa shape index (κ2) is 3.22. The first kappa shape index (κ1) is 7.09. The van der Waals surface area contributed by atoms with Crippen molar-refractivity contribution in [3.63, 3.8) is 0 Å². The summed E-state index contributed by atoms with van der Waals surface area (Å²) < 4.78 is 0. The first-order valence-electron chi connectivity index (χ1n) is 3.24. The highest BCUT2D eigenvalue weighted by Crippen LogP contribution is 2.08. The molecule has 0 bridgehead atoms. The van der Waals surface area contributed by atoms with Gasteiger partial charge < -0.3 is 10.4 Å². The van der Waals surface area contributed by atoms with E-state index >= 15 is 0 Å². The Kier molecular flexibility index (Phi) is 2.29. The molecule has 0 amide bonds. The van der Waals surface area contributed by atoms with Crippen LogP contribution in [0, 0.1) is 0 Å². The average molecular weight is 137 g/mol. The highest BCUT2D eigenvalue weighted by Gasteiger charge is 1.97. The van der Waals surface area contributed by atoms with Gasteiger partial charge in [-0.3, -0.25) is 0 Å². The Labute approximate surface area is 60.6 Å². The molecule has 10 heavy (non-hydrogen) atoms. The number of aliphatic hydroxyl groups is 1. The first-order valence-corrected chi connectivity index (χ1v) is 3.24. The third kappa shape index (κ3) is 1.48. The quantitative estimate of drug-likeness (QED) is 0.563. The van der Waals surface area contributed by atoms with Gasteiger partial charge in [-0.15, -0.1) is 0 Å². The normalized spacial score (nSPS) is 17.0. The van der Waals surface area contributed by atoms with Crippen molar-refractivity contribution in [3.05, 3.63) is 35.7 Å². The number of hydrogen-bond donors (Lipinski definition) is 2. The molecule has 2 N–H and O–H groups in total. The van der Waals surface area contributed by atoms with Crippen LogP contribution in [0.2, 0.25) is 0 Å². The fourth-order valence-corrected chi connectivity index (χ4v) is 0.794. The second-order valence-corrected chi connectivity index (χ2v) is 2.20. The zero-order valence-electron chi connectivity index (χ0n) is 5.96. The lowest BCUT2D eigenvalue weighted by Crippen LogP contribution is -1.95. The van der Waals surface area contributed by atoms with Crippen molar-refractivity contribution in [1.29, 1.82) is 0 Å². The van der Waals surface area contributed by atoms with Gasteiger partial charge in [-0.2, -0.15) is 0 Å². The molecule has 2 heteroatoms. The minimum Gasteiger partial charge on any atom is -0.392 e. The Hall–Kier alpha value is -1.02. The Morgan fingerprint density at radius 1 is 1.60 bits per heavy atom. The largest absolute Gasteiger partial charge is 0.392 e. The van der Waals surface area contributed by atoms with Crippen LogP contribution >= 0.6 is 0 Å². The fraction of sp³-hybridized carbons (Fsp3) is 0.250. The van der Waals surface area contributed by atoms with Gasteiger partial charge in [0.15, 0.2) is 0 Å². The summed E-state index contributed by atoms with van der Waals surface area (Å²) in [6, 6.07) is 0. The lowest BCUT2D eigenvalue weighted by Gasteiger charge is -1.99. The van der Waals surface area contributed by atoms with E-state index in [-0.39, 0.29) is 6.61 Å². The van der Waals surface area contributed by atoms with Crippen molar-refractivity contribution in [2.45, 2.75) is 6.92 Å². The molecule has 0 aromatic rings. The summed E-state index contributed by atoms with van der Waals surface area (Å²) in [6.07, 6.45) is 7.46. The molecule has 0 saturated heterocycles. The van der Waals surface area contributed by atoms with Gasteiger partial charge in [0.05, 0.1) is 6.61 Å². The Morgan fingerprint density at radius 2 is 2.40 bits per heavy atom. The predicted molar refractivity (Wildman–Crippen MR) is 41.2 cm³/mol. The highest BCUT2D eigenvalue weighted by atomic mass is 16.3. The van der Waals surface area contributed by atoms with Crippen LogP contribution in [0.25, 0.3) is 0 Å². The molecular formula is C8H11NO. The molecule has 1 aliphatic heterocycles. The molecule has 54 valence electrons. The van der Waals surface area contributed by atoms with Gasteiger partial charge in [0.25, 0.3) is 0 Å². The van der Waals surface area contributed by atoms with E-state index in [2.05, 4.69) is 5.32 Å². The van der Waals surface area contributed by atoms with Crippen molar-refractivity contribution in [2.75, 3.05) is 6.61 Å². The molecule has 0 aromatic carbocycles. The molecule has 0 radical (unpaired) electrons. The summed E-state index contributed by atoms with van der Waals surface area (Å²) in [5, 5.41) is 11.8. The van der Waals surface area contributed by atoms with E-state index in [9.17, 15) is 0 Å². The minimum absolute atomic E-state index is 0.106. The lowest BCUT2D eigenvalue weighted by atomic mass is 10.1. The zero-order valence-corrected chi connectivity index (χ0v) is 5.96. The van der Waals surface area contributed by atoms with Crippen molar-refractivity contribution < 1.29 is 5.11 Å². The van der Waals surface area contributed by atoms with E-state index in [0.29, 0.717) is 0 Å². The Bertz CT molecular complexity index is 201. The molecule has 0 atom stereocenters. The SMILES string of the molecule is CC1=CNC=CC=C1CO. The van der Waals surface area contributed by atoms with Crippen LogP contribution in [-0.2, 0) is 0 Å². The second-order valence-electron chi connectivity index (χ2n) is 2.20. The number of rotatable bonds is 1. The van der Waals surface area contributed by atoms with Crippen molar-refractivity contribution in [2.24, 2.45) is 0 Å². The third-order valence-electron chi connectivity index (χ3n) is 1.47. The van der Waals surface area contributed by atoms with Crippen LogP contribution < -0.4 is 5.32 Å². The summed E-state index contributed by atoms with van der Waals surface area (Å²) >= 11 is 0. The zero-order chi connectivity index (χ0) is 7.40. The molecule has 0 unspecified atom stereocenters. The summed E-state index contributed by atoms with van der Waals surface area (Å²) in [4.78, 5) is 0. The first-order chi connectivity index (χ1) is 4.84. The number of allylic oxidation sites excluding steroid dienone is 2. The molecule has 1 rings (SSSR count). The van der Waals surface area contributed by atoms with E-state index in [4.69, 9.17) is 5.11 Å². The van der Waals surface area contributed by atoms with Gasteiger partial charge in [0, 0.05) is 12.4 Å². The third-order valence-corrected chi connectivity index (χ3v) is 1.47. The van der Waals surface area contributed by atoms with Crippen LogP contribution in [-0.4, -0.2) is 11.7 Å². The van der Waals surface area contributed by atoms with Crippen molar-refractivity contribution in [1.82, 2.24) is 5.32 Å². The molecule has 0 spiro atoms. The Balaban J connectivity index is 2.82. The maximum atomic E-state index is 8.82. The van der Waals surface area contributed by atoms with Crippen molar-refractivity contribution >= 4 is 0 Å². The molecule has 1 aliphatic rings. The van der Waals surface area contributed by atoms with E-state index in [1.54, 1.807) is 0 Å². The number of aliphatic hydroxyl groups excluding tert-OH is 1. The summed E-state index contributed by atoms with van der Waals surface area (Å²) in [7, 11) is 0. The topological polar surface area (TPSA) is 32.3 Å². The predicted octanol–water partition coefficient (Wildman–Crippen LogP) is 0.926. The van der Waals surface area contributed by atoms with E-state index in [1.807, 2.05) is 31.5 Å². The number of hydrogen-bond acceptors (Lipinski definition) is 2. The lowest BCUT2D eigenvalue weighted by molar-refractivity contribution is 0.333. The monoisotopic (exact) mass is 137 g/mol. The maximum Gasteiger partial charge on any atom is 0.0684 e. The van der Waals surface area contributed by atoms with E-state index in [1.165, 1.54) is 0 Å². The van der Waals surface area contributed by atoms with Gasteiger partial charge in [0.2, 0.25) is 0 Å². The number of nitrogens with one attached hydrogen (secondary N) is 1. The average Bonchev–Trinajstić information content (AvgIpc) is 2.13.